The molecule has 1 aliphatic rings. The summed E-state index contributed by atoms with van der Waals surface area (Å²) in [5, 5.41) is 12.6. The SMILES string of the molecule is Cc1ccc(C(=O)O)cc1NC1CCCc2sc(Cl)cc21. The highest BCUT2D eigenvalue weighted by atomic mass is 35.5. The van der Waals surface area contributed by atoms with E-state index in [1.165, 1.54) is 10.4 Å². The van der Waals surface area contributed by atoms with Crippen LogP contribution in [0.5, 0.6) is 0 Å². The van der Waals surface area contributed by atoms with Gasteiger partial charge in [0.05, 0.1) is 15.9 Å². The molecule has 0 amide bonds. The van der Waals surface area contributed by atoms with Gasteiger partial charge in [0.15, 0.2) is 0 Å². The summed E-state index contributed by atoms with van der Waals surface area (Å²) in [7, 11) is 0. The first-order valence-corrected chi connectivity index (χ1v) is 8.12. The molecule has 3 nitrogen and oxygen atoms in total. The Morgan fingerprint density at radius 3 is 3.00 bits per heavy atom. The molecule has 110 valence electrons. The van der Waals surface area contributed by atoms with Crippen molar-refractivity contribution in [3.63, 3.8) is 0 Å². The molecule has 1 atom stereocenters. The first-order valence-electron chi connectivity index (χ1n) is 6.93. The molecule has 1 aromatic carbocycles. The Kier molecular flexibility index (Phi) is 3.91. The second kappa shape index (κ2) is 5.70. The third-order valence-electron chi connectivity index (χ3n) is 3.90. The lowest BCUT2D eigenvalue weighted by Gasteiger charge is -2.25. The normalized spacial score (nSPS) is 17.3. The standard InChI is InChI=1S/C16H16ClNO2S/c1-9-5-6-10(16(19)20)7-13(9)18-12-3-2-4-14-11(12)8-15(17)21-14/h5-8,12,18H,2-4H2,1H3,(H,19,20). The van der Waals surface area contributed by atoms with Gasteiger partial charge in [-0.15, -0.1) is 11.3 Å². The van der Waals surface area contributed by atoms with Gasteiger partial charge in [-0.1, -0.05) is 17.7 Å². The minimum absolute atomic E-state index is 0.209. The number of aromatic carboxylic acids is 1. The summed E-state index contributed by atoms with van der Waals surface area (Å²) < 4.78 is 0.824. The monoisotopic (exact) mass is 321 g/mol. The summed E-state index contributed by atoms with van der Waals surface area (Å²) >= 11 is 7.78. The fourth-order valence-electron chi connectivity index (χ4n) is 2.77. The zero-order chi connectivity index (χ0) is 15.0. The van der Waals surface area contributed by atoms with Gasteiger partial charge in [-0.05, 0) is 55.5 Å². The van der Waals surface area contributed by atoms with Crippen molar-refractivity contribution in [1.29, 1.82) is 0 Å². The van der Waals surface area contributed by atoms with Crippen molar-refractivity contribution in [2.45, 2.75) is 32.2 Å². The number of nitrogens with one attached hydrogen (secondary N) is 1. The number of rotatable bonds is 3. The molecular weight excluding hydrogens is 306 g/mol. The van der Waals surface area contributed by atoms with E-state index in [0.29, 0.717) is 5.56 Å². The topological polar surface area (TPSA) is 49.3 Å². The molecule has 21 heavy (non-hydrogen) atoms. The molecule has 2 N–H and O–H groups in total. The lowest BCUT2D eigenvalue weighted by Crippen LogP contribution is -2.16. The van der Waals surface area contributed by atoms with Crippen LogP contribution in [0, 0.1) is 6.92 Å². The maximum absolute atomic E-state index is 11.1. The molecule has 0 fully saturated rings. The predicted molar refractivity (Wildman–Crippen MR) is 86.8 cm³/mol. The van der Waals surface area contributed by atoms with E-state index in [2.05, 4.69) is 5.32 Å². The van der Waals surface area contributed by atoms with E-state index >= 15 is 0 Å². The number of carbonyl (C=O) groups is 1. The minimum Gasteiger partial charge on any atom is -0.478 e. The molecule has 0 spiro atoms. The summed E-state index contributed by atoms with van der Waals surface area (Å²) in [6.45, 7) is 1.98. The van der Waals surface area contributed by atoms with Crippen LogP contribution >= 0.6 is 22.9 Å². The number of aryl methyl sites for hydroxylation is 2. The van der Waals surface area contributed by atoms with Crippen LogP contribution in [0.25, 0.3) is 0 Å². The van der Waals surface area contributed by atoms with Crippen molar-refractivity contribution in [1.82, 2.24) is 0 Å². The molecular formula is C16H16ClNO2S. The molecule has 1 unspecified atom stereocenters. The minimum atomic E-state index is -0.902. The Morgan fingerprint density at radius 2 is 2.24 bits per heavy atom. The lowest BCUT2D eigenvalue weighted by atomic mass is 9.93. The third kappa shape index (κ3) is 2.92. The fourth-order valence-corrected chi connectivity index (χ4v) is 4.15. The van der Waals surface area contributed by atoms with E-state index in [1.807, 2.05) is 19.1 Å². The van der Waals surface area contributed by atoms with Crippen LogP contribution in [0.2, 0.25) is 4.34 Å². The Balaban J connectivity index is 1.91. The van der Waals surface area contributed by atoms with E-state index in [1.54, 1.807) is 23.5 Å². The number of hydrogen-bond acceptors (Lipinski definition) is 3. The Morgan fingerprint density at radius 1 is 1.43 bits per heavy atom. The van der Waals surface area contributed by atoms with Crippen molar-refractivity contribution in [2.75, 3.05) is 5.32 Å². The van der Waals surface area contributed by atoms with Gasteiger partial charge < -0.3 is 10.4 Å². The molecule has 5 heteroatoms. The fraction of sp³-hybridized carbons (Fsp3) is 0.312. The van der Waals surface area contributed by atoms with E-state index in [4.69, 9.17) is 16.7 Å². The maximum atomic E-state index is 11.1. The van der Waals surface area contributed by atoms with Crippen LogP contribution in [-0.2, 0) is 6.42 Å². The van der Waals surface area contributed by atoms with Gasteiger partial charge >= 0.3 is 5.97 Å². The maximum Gasteiger partial charge on any atom is 0.335 e. The van der Waals surface area contributed by atoms with Crippen molar-refractivity contribution < 1.29 is 9.90 Å². The van der Waals surface area contributed by atoms with E-state index < -0.39 is 5.97 Å². The molecule has 1 aromatic heterocycles. The van der Waals surface area contributed by atoms with Crippen molar-refractivity contribution in [3.8, 4) is 0 Å². The van der Waals surface area contributed by atoms with Crippen molar-refractivity contribution >= 4 is 34.6 Å². The lowest BCUT2D eigenvalue weighted by molar-refractivity contribution is 0.0697. The van der Waals surface area contributed by atoms with Gasteiger partial charge in [-0.2, -0.15) is 0 Å². The van der Waals surface area contributed by atoms with Crippen LogP contribution in [0.1, 0.15) is 45.2 Å². The summed E-state index contributed by atoms with van der Waals surface area (Å²) in [6.07, 6.45) is 3.25. The van der Waals surface area contributed by atoms with Crippen LogP contribution in [0.3, 0.4) is 0 Å². The first kappa shape index (κ1) is 14.4. The van der Waals surface area contributed by atoms with E-state index in [-0.39, 0.29) is 6.04 Å². The van der Waals surface area contributed by atoms with Crippen LogP contribution in [0.4, 0.5) is 5.69 Å². The van der Waals surface area contributed by atoms with Gasteiger partial charge in [0.1, 0.15) is 0 Å². The Hall–Kier alpha value is -1.52. The average Bonchev–Trinajstić information content (AvgIpc) is 2.82. The van der Waals surface area contributed by atoms with Gasteiger partial charge in [-0.25, -0.2) is 4.79 Å². The van der Waals surface area contributed by atoms with Gasteiger partial charge in [-0.3, -0.25) is 0 Å². The first-order chi connectivity index (χ1) is 10.0. The zero-order valence-electron chi connectivity index (χ0n) is 11.6. The Labute approximate surface area is 132 Å². The van der Waals surface area contributed by atoms with Gasteiger partial charge in [0.25, 0.3) is 0 Å². The number of fused-ring (bicyclic) bond motifs is 1. The number of anilines is 1. The summed E-state index contributed by atoms with van der Waals surface area (Å²) in [5.41, 5.74) is 3.50. The molecule has 0 radical (unpaired) electrons. The number of thiophene rings is 1. The molecule has 0 saturated heterocycles. The molecule has 1 heterocycles. The highest BCUT2D eigenvalue weighted by Crippen LogP contribution is 2.39. The van der Waals surface area contributed by atoms with Crippen LogP contribution in [-0.4, -0.2) is 11.1 Å². The van der Waals surface area contributed by atoms with Gasteiger partial charge in [0, 0.05) is 10.6 Å². The van der Waals surface area contributed by atoms with Crippen LogP contribution < -0.4 is 5.32 Å². The molecule has 0 bridgehead atoms. The summed E-state index contributed by atoms with van der Waals surface area (Å²) in [4.78, 5) is 12.5. The number of hydrogen-bond donors (Lipinski definition) is 2. The highest BCUT2D eigenvalue weighted by molar-refractivity contribution is 7.16. The number of benzene rings is 1. The predicted octanol–water partition coefficient (Wildman–Crippen LogP) is 4.90. The molecule has 1 aliphatic carbocycles. The highest BCUT2D eigenvalue weighted by Gasteiger charge is 2.23. The van der Waals surface area contributed by atoms with Crippen molar-refractivity contribution in [3.05, 3.63) is 50.2 Å². The largest absolute Gasteiger partial charge is 0.478 e. The Bertz CT molecular complexity index is 696. The van der Waals surface area contributed by atoms with E-state index in [0.717, 1.165) is 34.8 Å². The number of halogens is 1. The third-order valence-corrected chi connectivity index (χ3v) is 5.24. The molecule has 3 rings (SSSR count). The number of carboxylic acids is 1. The van der Waals surface area contributed by atoms with Gasteiger partial charge in [0.2, 0.25) is 0 Å². The molecule has 0 aliphatic heterocycles. The second-order valence-electron chi connectivity index (χ2n) is 5.35. The smallest absolute Gasteiger partial charge is 0.335 e. The zero-order valence-corrected chi connectivity index (χ0v) is 13.2. The molecule has 0 saturated carbocycles. The second-order valence-corrected chi connectivity index (χ2v) is 7.12. The molecule has 2 aromatic rings. The quantitative estimate of drug-likeness (QED) is 0.845. The summed E-state index contributed by atoms with van der Waals surface area (Å²) in [5.74, 6) is -0.902. The summed E-state index contributed by atoms with van der Waals surface area (Å²) in [6, 6.07) is 7.43. The van der Waals surface area contributed by atoms with Crippen molar-refractivity contribution in [2.24, 2.45) is 0 Å². The van der Waals surface area contributed by atoms with E-state index in [9.17, 15) is 4.79 Å². The average molecular weight is 322 g/mol. The van der Waals surface area contributed by atoms with Crippen LogP contribution in [0.15, 0.2) is 24.3 Å². The number of carboxylic acid groups (broad SMARTS) is 1.